The van der Waals surface area contributed by atoms with Crippen molar-refractivity contribution in [1.29, 1.82) is 0 Å². The van der Waals surface area contributed by atoms with Gasteiger partial charge in [-0.2, -0.15) is 0 Å². The number of hydrogen-bond donors (Lipinski definition) is 1. The lowest BCUT2D eigenvalue weighted by Gasteiger charge is -2.10. The van der Waals surface area contributed by atoms with Crippen LogP contribution in [0, 0.1) is 0 Å². The summed E-state index contributed by atoms with van der Waals surface area (Å²) in [6.07, 6.45) is 3.87. The molecule has 0 atom stereocenters. The van der Waals surface area contributed by atoms with Crippen LogP contribution in [0.15, 0.2) is 30.6 Å². The van der Waals surface area contributed by atoms with Crippen LogP contribution in [-0.2, 0) is 16.6 Å². The van der Waals surface area contributed by atoms with Crippen LogP contribution in [0.3, 0.4) is 0 Å². The summed E-state index contributed by atoms with van der Waals surface area (Å²) in [7, 11) is -0.0538. The second kappa shape index (κ2) is 5.68. The SMILES string of the molecule is CN(C)S(=O)(=O)CCNCc1cn2ccccc2n1. The molecule has 0 aliphatic heterocycles. The van der Waals surface area contributed by atoms with Gasteiger partial charge in [0.05, 0.1) is 11.4 Å². The molecule has 0 spiro atoms. The number of pyridine rings is 1. The van der Waals surface area contributed by atoms with Gasteiger partial charge in [-0.05, 0) is 12.1 Å². The van der Waals surface area contributed by atoms with Crippen LogP contribution in [0.4, 0.5) is 0 Å². The van der Waals surface area contributed by atoms with Gasteiger partial charge in [-0.25, -0.2) is 17.7 Å². The van der Waals surface area contributed by atoms with E-state index < -0.39 is 10.0 Å². The van der Waals surface area contributed by atoms with Crippen molar-refractivity contribution in [3.8, 4) is 0 Å². The highest BCUT2D eigenvalue weighted by atomic mass is 32.2. The second-order valence-corrected chi connectivity index (χ2v) is 6.78. The van der Waals surface area contributed by atoms with Crippen LogP contribution in [-0.4, -0.2) is 48.5 Å². The molecule has 0 aliphatic rings. The number of imidazole rings is 1. The van der Waals surface area contributed by atoms with Gasteiger partial charge in [-0.3, -0.25) is 0 Å². The Bertz CT molecular complexity index is 616. The molecule has 0 fully saturated rings. The quantitative estimate of drug-likeness (QED) is 0.775. The zero-order chi connectivity index (χ0) is 13.9. The molecule has 2 aromatic heterocycles. The van der Waals surface area contributed by atoms with Gasteiger partial charge in [0.25, 0.3) is 0 Å². The number of fused-ring (bicyclic) bond motifs is 1. The van der Waals surface area contributed by atoms with Crippen LogP contribution >= 0.6 is 0 Å². The lowest BCUT2D eigenvalue weighted by atomic mass is 10.5. The molecular weight excluding hydrogens is 264 g/mol. The van der Waals surface area contributed by atoms with E-state index in [9.17, 15) is 8.42 Å². The zero-order valence-corrected chi connectivity index (χ0v) is 11.9. The predicted molar refractivity (Wildman–Crippen MR) is 74.4 cm³/mol. The van der Waals surface area contributed by atoms with Gasteiger partial charge in [0.2, 0.25) is 10.0 Å². The minimum Gasteiger partial charge on any atom is -0.310 e. The molecule has 0 bridgehead atoms. The molecule has 6 nitrogen and oxygen atoms in total. The third-order valence-electron chi connectivity index (χ3n) is 2.81. The maximum Gasteiger partial charge on any atom is 0.214 e. The van der Waals surface area contributed by atoms with Gasteiger partial charge in [0.15, 0.2) is 0 Å². The third kappa shape index (κ3) is 3.52. The first-order valence-electron chi connectivity index (χ1n) is 6.02. The first-order valence-corrected chi connectivity index (χ1v) is 7.63. The Hall–Kier alpha value is -1.44. The molecule has 19 heavy (non-hydrogen) atoms. The highest BCUT2D eigenvalue weighted by molar-refractivity contribution is 7.89. The third-order valence-corrected chi connectivity index (χ3v) is 4.65. The van der Waals surface area contributed by atoms with Crippen molar-refractivity contribution >= 4 is 15.7 Å². The number of sulfonamides is 1. The van der Waals surface area contributed by atoms with E-state index in [1.807, 2.05) is 35.0 Å². The van der Waals surface area contributed by atoms with Crippen molar-refractivity contribution in [3.05, 3.63) is 36.3 Å². The summed E-state index contributed by atoms with van der Waals surface area (Å²) in [6.45, 7) is 0.971. The number of nitrogens with one attached hydrogen (secondary N) is 1. The molecular formula is C12H18N4O2S. The summed E-state index contributed by atoms with van der Waals surface area (Å²) in [4.78, 5) is 4.42. The van der Waals surface area contributed by atoms with Crippen LogP contribution in [0.1, 0.15) is 5.69 Å². The molecule has 2 heterocycles. The van der Waals surface area contributed by atoms with E-state index in [0.29, 0.717) is 13.1 Å². The van der Waals surface area contributed by atoms with Gasteiger partial charge in [0, 0.05) is 39.6 Å². The molecule has 0 radical (unpaired) electrons. The molecule has 104 valence electrons. The van der Waals surface area contributed by atoms with Gasteiger partial charge >= 0.3 is 0 Å². The fourth-order valence-electron chi connectivity index (χ4n) is 1.67. The standard InChI is InChI=1S/C12H18N4O2S/c1-15(2)19(17,18)8-6-13-9-11-10-16-7-4-3-5-12(16)14-11/h3-5,7,10,13H,6,8-9H2,1-2H3. The summed E-state index contributed by atoms with van der Waals surface area (Å²) < 4.78 is 26.3. The molecule has 0 saturated carbocycles. The Morgan fingerprint density at radius 2 is 2.16 bits per heavy atom. The van der Waals surface area contributed by atoms with Crippen LogP contribution in [0.2, 0.25) is 0 Å². The molecule has 0 aliphatic carbocycles. The van der Waals surface area contributed by atoms with Crippen molar-refractivity contribution in [1.82, 2.24) is 19.0 Å². The summed E-state index contributed by atoms with van der Waals surface area (Å²) in [5, 5.41) is 3.09. The molecule has 1 N–H and O–H groups in total. The summed E-state index contributed by atoms with van der Waals surface area (Å²) in [5.41, 5.74) is 1.79. The fraction of sp³-hybridized carbons (Fsp3) is 0.417. The highest BCUT2D eigenvalue weighted by Gasteiger charge is 2.12. The van der Waals surface area contributed by atoms with Crippen LogP contribution in [0.25, 0.3) is 5.65 Å². The number of hydrogen-bond acceptors (Lipinski definition) is 4. The second-order valence-electron chi connectivity index (χ2n) is 4.47. The van der Waals surface area contributed by atoms with Gasteiger partial charge in [0.1, 0.15) is 5.65 Å². The number of nitrogens with zero attached hydrogens (tertiary/aromatic N) is 3. The van der Waals surface area contributed by atoms with Crippen molar-refractivity contribution in [2.24, 2.45) is 0 Å². The first-order chi connectivity index (χ1) is 8.99. The monoisotopic (exact) mass is 282 g/mol. The first kappa shape index (κ1) is 14.0. The number of aromatic nitrogens is 2. The minimum atomic E-state index is -3.13. The van der Waals surface area contributed by atoms with Gasteiger partial charge in [-0.1, -0.05) is 6.07 Å². The van der Waals surface area contributed by atoms with E-state index in [1.165, 1.54) is 18.4 Å². The lowest BCUT2D eigenvalue weighted by molar-refractivity contribution is 0.517. The Morgan fingerprint density at radius 1 is 1.37 bits per heavy atom. The average molecular weight is 282 g/mol. The average Bonchev–Trinajstić information content (AvgIpc) is 2.77. The van der Waals surface area contributed by atoms with E-state index >= 15 is 0 Å². The van der Waals surface area contributed by atoms with E-state index in [2.05, 4.69) is 10.3 Å². The Kier molecular flexibility index (Phi) is 4.18. The fourth-order valence-corrected chi connectivity index (χ4v) is 2.44. The topological polar surface area (TPSA) is 66.7 Å². The highest BCUT2D eigenvalue weighted by Crippen LogP contribution is 2.03. The predicted octanol–water partition coefficient (Wildman–Crippen LogP) is 0.315. The summed E-state index contributed by atoms with van der Waals surface area (Å²) >= 11 is 0. The van der Waals surface area contributed by atoms with Crippen molar-refractivity contribution < 1.29 is 8.42 Å². The molecule has 2 aromatic rings. The smallest absolute Gasteiger partial charge is 0.214 e. The van der Waals surface area contributed by atoms with Crippen molar-refractivity contribution in [2.75, 3.05) is 26.4 Å². The maximum absolute atomic E-state index is 11.5. The lowest BCUT2D eigenvalue weighted by Crippen LogP contribution is -2.31. The summed E-state index contributed by atoms with van der Waals surface area (Å²) in [6, 6.07) is 5.80. The van der Waals surface area contributed by atoms with E-state index in [0.717, 1.165) is 11.3 Å². The molecule has 0 aromatic carbocycles. The van der Waals surface area contributed by atoms with Crippen LogP contribution in [0.5, 0.6) is 0 Å². The Balaban J connectivity index is 1.86. The van der Waals surface area contributed by atoms with Crippen LogP contribution < -0.4 is 5.32 Å². The maximum atomic E-state index is 11.5. The van der Waals surface area contributed by atoms with Crippen molar-refractivity contribution in [2.45, 2.75) is 6.54 Å². The molecule has 7 heteroatoms. The van der Waals surface area contributed by atoms with E-state index in [4.69, 9.17) is 0 Å². The molecule has 0 unspecified atom stereocenters. The molecule has 0 amide bonds. The minimum absolute atomic E-state index is 0.0906. The largest absolute Gasteiger partial charge is 0.310 e. The van der Waals surface area contributed by atoms with E-state index in [-0.39, 0.29) is 5.75 Å². The number of rotatable bonds is 6. The van der Waals surface area contributed by atoms with Gasteiger partial charge in [-0.15, -0.1) is 0 Å². The Labute approximate surface area is 113 Å². The molecule has 2 rings (SSSR count). The summed E-state index contributed by atoms with van der Waals surface area (Å²) in [5.74, 6) is 0.0906. The van der Waals surface area contributed by atoms with Gasteiger partial charge < -0.3 is 9.72 Å². The molecule has 0 saturated heterocycles. The zero-order valence-electron chi connectivity index (χ0n) is 11.1. The normalized spacial score (nSPS) is 12.4. The Morgan fingerprint density at radius 3 is 2.84 bits per heavy atom. The van der Waals surface area contributed by atoms with E-state index in [1.54, 1.807) is 0 Å². The van der Waals surface area contributed by atoms with Crippen molar-refractivity contribution in [3.63, 3.8) is 0 Å².